The van der Waals surface area contributed by atoms with Gasteiger partial charge in [0.25, 0.3) is 0 Å². The first kappa shape index (κ1) is 38.5. The van der Waals surface area contributed by atoms with Crippen molar-refractivity contribution >= 4 is 5.91 Å². The van der Waals surface area contributed by atoms with Crippen molar-refractivity contribution in [3.8, 4) is 0 Å². The molecule has 3 N–H and O–H groups in total. The van der Waals surface area contributed by atoms with E-state index in [9.17, 15) is 4.79 Å². The van der Waals surface area contributed by atoms with Crippen LogP contribution < -0.4 is 5.73 Å². The van der Waals surface area contributed by atoms with E-state index in [1.54, 1.807) is 7.11 Å². The number of ether oxygens (including phenoxy) is 1. The molecule has 0 aromatic rings. The van der Waals surface area contributed by atoms with Crippen LogP contribution >= 0.6 is 0 Å². The molecule has 4 nitrogen and oxygen atoms in total. The van der Waals surface area contributed by atoms with Gasteiger partial charge in [0.2, 0.25) is 5.91 Å². The number of carbonyl (C=O) groups is 1. The highest BCUT2D eigenvalue weighted by Crippen LogP contribution is 2.20. The van der Waals surface area contributed by atoms with Gasteiger partial charge in [-0.25, -0.2) is 0 Å². The number of aliphatic hydroxyl groups is 1. The lowest BCUT2D eigenvalue weighted by Gasteiger charge is -2.13. The van der Waals surface area contributed by atoms with E-state index in [4.69, 9.17) is 10.8 Å². The number of hydrogen-bond donors (Lipinski definition) is 2. The molecule has 0 saturated heterocycles. The fourth-order valence-corrected chi connectivity index (χ4v) is 4.98. The molecule has 0 rings (SSSR count). The van der Waals surface area contributed by atoms with Gasteiger partial charge < -0.3 is 15.6 Å². The molecule has 224 valence electrons. The Hall–Kier alpha value is -0.610. The molecular weight excluding hydrogens is 458 g/mol. The number of primary amides is 1. The molecule has 37 heavy (non-hydrogen) atoms. The number of carbonyl (C=O) groups excluding carboxylic acids is 1. The maximum absolute atomic E-state index is 11.8. The van der Waals surface area contributed by atoms with Gasteiger partial charge in [0.1, 0.15) is 0 Å². The van der Waals surface area contributed by atoms with Crippen LogP contribution in [0.2, 0.25) is 0 Å². The zero-order valence-electron chi connectivity index (χ0n) is 25.7. The molecule has 0 spiro atoms. The first-order valence-electron chi connectivity index (χ1n) is 16.5. The lowest BCUT2D eigenvalue weighted by molar-refractivity contribution is -0.122. The Morgan fingerprint density at radius 3 is 1.03 bits per heavy atom. The van der Waals surface area contributed by atoms with Crippen molar-refractivity contribution in [1.29, 1.82) is 0 Å². The van der Waals surface area contributed by atoms with Crippen LogP contribution in [0.15, 0.2) is 0 Å². The van der Waals surface area contributed by atoms with E-state index in [2.05, 4.69) is 18.6 Å². The maximum Gasteiger partial charge on any atom is 0.220 e. The third kappa shape index (κ3) is 35.4. The summed E-state index contributed by atoms with van der Waals surface area (Å²) in [6, 6.07) is 0. The SMILES string of the molecule is CCCCCCCCCCCCCCC(CCCCCCCCCCCCCC)C(N)=O.COCCO. The number of amides is 1. The van der Waals surface area contributed by atoms with E-state index < -0.39 is 0 Å². The van der Waals surface area contributed by atoms with Crippen LogP contribution in [0.25, 0.3) is 0 Å². The molecule has 0 aliphatic rings. The molecule has 0 saturated carbocycles. The highest BCUT2D eigenvalue weighted by molar-refractivity contribution is 5.76. The zero-order valence-corrected chi connectivity index (χ0v) is 25.7. The molecule has 0 radical (unpaired) electrons. The molecule has 0 fully saturated rings. The highest BCUT2D eigenvalue weighted by Gasteiger charge is 2.14. The van der Waals surface area contributed by atoms with Crippen LogP contribution in [0.4, 0.5) is 0 Å². The Balaban J connectivity index is 0. The average molecular weight is 528 g/mol. The first-order chi connectivity index (χ1) is 18.1. The standard InChI is InChI=1S/C30H61NO.C3H8O2/c1-3-5-7-9-11-13-15-17-19-21-23-25-27-29(30(31)32)28-26-24-22-20-18-16-14-12-10-8-6-4-2;1-5-3-2-4/h29H,3-28H2,1-2H3,(H2,31,32);4H,2-3H2,1H3. The van der Waals surface area contributed by atoms with Crippen molar-refractivity contribution in [2.75, 3.05) is 20.3 Å². The van der Waals surface area contributed by atoms with Gasteiger partial charge in [-0.3, -0.25) is 4.79 Å². The maximum atomic E-state index is 11.8. The largest absolute Gasteiger partial charge is 0.394 e. The number of nitrogens with two attached hydrogens (primary N) is 1. The van der Waals surface area contributed by atoms with Gasteiger partial charge >= 0.3 is 0 Å². The Morgan fingerprint density at radius 1 is 0.568 bits per heavy atom. The molecule has 0 aromatic heterocycles. The number of unbranched alkanes of at least 4 members (excludes halogenated alkanes) is 22. The smallest absolute Gasteiger partial charge is 0.220 e. The molecular formula is C33H69NO3. The fraction of sp³-hybridized carbons (Fsp3) is 0.970. The predicted octanol–water partition coefficient (Wildman–Crippen LogP) is 9.90. The fourth-order valence-electron chi connectivity index (χ4n) is 4.98. The van der Waals surface area contributed by atoms with E-state index in [1.807, 2.05) is 0 Å². The second kappa shape index (κ2) is 35.4. The van der Waals surface area contributed by atoms with E-state index >= 15 is 0 Å². The zero-order chi connectivity index (χ0) is 27.7. The molecule has 0 heterocycles. The quantitative estimate of drug-likeness (QED) is 0.0950. The lowest BCUT2D eigenvalue weighted by Crippen LogP contribution is -2.23. The van der Waals surface area contributed by atoms with Crippen molar-refractivity contribution in [3.63, 3.8) is 0 Å². The summed E-state index contributed by atoms with van der Waals surface area (Å²) < 4.78 is 4.44. The summed E-state index contributed by atoms with van der Waals surface area (Å²) in [6.07, 6.45) is 34.9. The van der Waals surface area contributed by atoms with E-state index in [0.717, 1.165) is 12.8 Å². The van der Waals surface area contributed by atoms with Crippen LogP contribution in [0, 0.1) is 5.92 Å². The number of hydrogen-bond acceptors (Lipinski definition) is 3. The summed E-state index contributed by atoms with van der Waals surface area (Å²) in [5.41, 5.74) is 5.68. The van der Waals surface area contributed by atoms with Gasteiger partial charge in [0.15, 0.2) is 0 Å². The van der Waals surface area contributed by atoms with Crippen molar-refractivity contribution in [2.24, 2.45) is 11.7 Å². The molecule has 0 atom stereocenters. The number of rotatable bonds is 29. The molecule has 0 aromatic carbocycles. The predicted molar refractivity (Wildman–Crippen MR) is 163 cm³/mol. The Bertz CT molecular complexity index is 386. The van der Waals surface area contributed by atoms with E-state index in [0.29, 0.717) is 6.61 Å². The van der Waals surface area contributed by atoms with E-state index in [-0.39, 0.29) is 18.4 Å². The monoisotopic (exact) mass is 528 g/mol. The molecule has 0 aliphatic heterocycles. The number of methoxy groups -OCH3 is 1. The average Bonchev–Trinajstić information content (AvgIpc) is 2.89. The summed E-state index contributed by atoms with van der Waals surface area (Å²) >= 11 is 0. The molecule has 4 heteroatoms. The van der Waals surface area contributed by atoms with Gasteiger partial charge in [-0.1, -0.05) is 168 Å². The highest BCUT2D eigenvalue weighted by atomic mass is 16.5. The van der Waals surface area contributed by atoms with E-state index in [1.165, 1.54) is 154 Å². The van der Waals surface area contributed by atoms with Crippen LogP contribution in [0.5, 0.6) is 0 Å². The molecule has 1 amide bonds. The molecule has 0 bridgehead atoms. The van der Waals surface area contributed by atoms with Crippen LogP contribution in [0.3, 0.4) is 0 Å². The lowest BCUT2D eigenvalue weighted by atomic mass is 9.93. The van der Waals surface area contributed by atoms with Crippen molar-refractivity contribution in [2.45, 2.75) is 181 Å². The third-order valence-corrected chi connectivity index (χ3v) is 7.51. The minimum atomic E-state index is -0.0591. The van der Waals surface area contributed by atoms with Gasteiger partial charge in [-0.05, 0) is 12.8 Å². The molecule has 0 aliphatic carbocycles. The van der Waals surface area contributed by atoms with Crippen molar-refractivity contribution in [1.82, 2.24) is 0 Å². The third-order valence-electron chi connectivity index (χ3n) is 7.51. The summed E-state index contributed by atoms with van der Waals surface area (Å²) in [6.45, 7) is 5.13. The molecule has 0 unspecified atom stereocenters. The Morgan fingerprint density at radius 2 is 0.838 bits per heavy atom. The minimum Gasteiger partial charge on any atom is -0.394 e. The van der Waals surface area contributed by atoms with Crippen molar-refractivity contribution < 1.29 is 14.6 Å². The second-order valence-electron chi connectivity index (χ2n) is 11.2. The Labute approximate surface area is 233 Å². The van der Waals surface area contributed by atoms with Gasteiger partial charge in [-0.15, -0.1) is 0 Å². The summed E-state index contributed by atoms with van der Waals surface area (Å²) in [4.78, 5) is 11.8. The Kier molecular flexibility index (Phi) is 36.9. The van der Waals surface area contributed by atoms with Crippen LogP contribution in [-0.4, -0.2) is 31.3 Å². The van der Waals surface area contributed by atoms with Gasteiger partial charge in [0, 0.05) is 13.0 Å². The van der Waals surface area contributed by atoms with Crippen LogP contribution in [-0.2, 0) is 9.53 Å². The summed E-state index contributed by atoms with van der Waals surface area (Å²) in [7, 11) is 1.55. The normalized spacial score (nSPS) is 11.1. The van der Waals surface area contributed by atoms with Crippen LogP contribution in [0.1, 0.15) is 181 Å². The topological polar surface area (TPSA) is 72.6 Å². The second-order valence-corrected chi connectivity index (χ2v) is 11.2. The first-order valence-corrected chi connectivity index (χ1v) is 16.5. The minimum absolute atomic E-state index is 0.0591. The van der Waals surface area contributed by atoms with Gasteiger partial charge in [0.05, 0.1) is 13.2 Å². The van der Waals surface area contributed by atoms with Crippen molar-refractivity contribution in [3.05, 3.63) is 0 Å². The van der Waals surface area contributed by atoms with Gasteiger partial charge in [-0.2, -0.15) is 0 Å². The summed E-state index contributed by atoms with van der Waals surface area (Å²) in [5, 5.41) is 7.94. The number of aliphatic hydroxyl groups excluding tert-OH is 1. The summed E-state index contributed by atoms with van der Waals surface area (Å²) in [5.74, 6) is 0.0670.